The van der Waals surface area contributed by atoms with Gasteiger partial charge in [0.2, 0.25) is 0 Å². The third kappa shape index (κ3) is 2.41. The zero-order chi connectivity index (χ0) is 13.5. The van der Waals surface area contributed by atoms with Gasteiger partial charge in [-0.25, -0.2) is 8.42 Å². The normalized spacial score (nSPS) is 17.9. The first kappa shape index (κ1) is 12.0. The minimum absolute atomic E-state index is 0.0884. The highest BCUT2D eigenvalue weighted by atomic mass is 32.2. The number of nitrogens with zero attached hydrogens (tertiary/aromatic N) is 1. The Balaban J connectivity index is 1.79. The Labute approximate surface area is 110 Å². The van der Waals surface area contributed by atoms with Gasteiger partial charge in [0, 0.05) is 5.56 Å². The van der Waals surface area contributed by atoms with Crippen molar-refractivity contribution in [3.63, 3.8) is 0 Å². The fourth-order valence-corrected chi connectivity index (χ4v) is 3.21. The van der Waals surface area contributed by atoms with Crippen LogP contribution in [0, 0.1) is 0 Å². The highest BCUT2D eigenvalue weighted by Crippen LogP contribution is 2.28. The maximum Gasteiger partial charge on any atom is 0.157 e. The van der Waals surface area contributed by atoms with Crippen molar-refractivity contribution in [2.75, 3.05) is 17.2 Å². The van der Waals surface area contributed by atoms with E-state index in [2.05, 4.69) is 10.2 Å². The first-order valence-corrected chi connectivity index (χ1v) is 7.62. The number of nitrogens with one attached hydrogen (secondary N) is 1. The summed E-state index contributed by atoms with van der Waals surface area (Å²) in [6.45, 7) is 0. The monoisotopic (exact) mass is 279 g/mol. The molecule has 0 spiro atoms. The Kier molecular flexibility index (Phi) is 2.70. The molecule has 0 unspecified atom stereocenters. The summed E-state index contributed by atoms with van der Waals surface area (Å²) in [5, 5.41) is 6.53. The Hall–Kier alpha value is -2.02. The van der Waals surface area contributed by atoms with Gasteiger partial charge in [0.15, 0.2) is 9.84 Å². The lowest BCUT2D eigenvalue weighted by Gasteiger charge is -2.26. The SMILES string of the molecule is Nc1[nH]ncc1-c1cccc(OC2CS(=O)(=O)C2)c1. The summed E-state index contributed by atoms with van der Waals surface area (Å²) in [6.07, 6.45) is 1.39. The average Bonchev–Trinajstić information content (AvgIpc) is 2.73. The van der Waals surface area contributed by atoms with E-state index in [1.807, 2.05) is 18.2 Å². The predicted molar refractivity (Wildman–Crippen MR) is 71.5 cm³/mol. The molecule has 19 heavy (non-hydrogen) atoms. The minimum atomic E-state index is -2.87. The third-order valence-corrected chi connectivity index (χ3v) is 4.76. The number of aromatic amines is 1. The molecule has 0 bridgehead atoms. The van der Waals surface area contributed by atoms with Gasteiger partial charge in [-0.2, -0.15) is 5.10 Å². The third-order valence-electron chi connectivity index (χ3n) is 3.00. The van der Waals surface area contributed by atoms with E-state index in [9.17, 15) is 8.42 Å². The Morgan fingerprint density at radius 1 is 1.37 bits per heavy atom. The topological polar surface area (TPSA) is 98.1 Å². The van der Waals surface area contributed by atoms with Crippen molar-refractivity contribution in [3.05, 3.63) is 30.5 Å². The second-order valence-corrected chi connectivity index (χ2v) is 6.70. The fourth-order valence-electron chi connectivity index (χ4n) is 2.04. The molecular formula is C12H13N3O3S. The Morgan fingerprint density at radius 2 is 2.16 bits per heavy atom. The molecule has 0 radical (unpaired) electrons. The molecule has 1 saturated heterocycles. The molecule has 1 fully saturated rings. The lowest BCUT2D eigenvalue weighted by atomic mass is 10.1. The summed E-state index contributed by atoms with van der Waals surface area (Å²) in [7, 11) is -2.87. The van der Waals surface area contributed by atoms with Crippen molar-refractivity contribution < 1.29 is 13.2 Å². The number of sulfone groups is 1. The van der Waals surface area contributed by atoms with Gasteiger partial charge in [-0.05, 0) is 17.7 Å². The second kappa shape index (κ2) is 4.27. The van der Waals surface area contributed by atoms with Gasteiger partial charge in [-0.1, -0.05) is 12.1 Å². The molecular weight excluding hydrogens is 266 g/mol. The molecule has 1 aromatic heterocycles. The summed E-state index contributed by atoms with van der Waals surface area (Å²) < 4.78 is 27.8. The largest absolute Gasteiger partial charge is 0.488 e. The fraction of sp³-hybridized carbons (Fsp3) is 0.250. The van der Waals surface area contributed by atoms with Crippen LogP contribution in [0.4, 0.5) is 5.82 Å². The lowest BCUT2D eigenvalue weighted by molar-refractivity contribution is 0.230. The molecule has 6 nitrogen and oxygen atoms in total. The summed E-state index contributed by atoms with van der Waals surface area (Å²) in [5.41, 5.74) is 7.44. The summed E-state index contributed by atoms with van der Waals surface area (Å²) in [6, 6.07) is 7.35. The number of ether oxygens (including phenoxy) is 1. The molecule has 3 rings (SSSR count). The number of rotatable bonds is 3. The van der Waals surface area contributed by atoms with Crippen molar-refractivity contribution in [2.45, 2.75) is 6.10 Å². The lowest BCUT2D eigenvalue weighted by Crippen LogP contribution is -2.45. The van der Waals surface area contributed by atoms with E-state index in [4.69, 9.17) is 10.5 Å². The van der Waals surface area contributed by atoms with Crippen LogP contribution < -0.4 is 10.5 Å². The predicted octanol–water partition coefficient (Wildman–Crippen LogP) is 0.835. The van der Waals surface area contributed by atoms with Crippen LogP contribution in [0.1, 0.15) is 0 Å². The molecule has 0 atom stereocenters. The zero-order valence-corrected chi connectivity index (χ0v) is 10.9. The van der Waals surface area contributed by atoms with Crippen molar-refractivity contribution in [1.29, 1.82) is 0 Å². The first-order valence-electron chi connectivity index (χ1n) is 5.80. The number of H-pyrrole nitrogens is 1. The van der Waals surface area contributed by atoms with Gasteiger partial charge < -0.3 is 10.5 Å². The summed E-state index contributed by atoms with van der Waals surface area (Å²) in [4.78, 5) is 0. The van der Waals surface area contributed by atoms with Gasteiger partial charge >= 0.3 is 0 Å². The Bertz CT molecular complexity index is 697. The highest BCUT2D eigenvalue weighted by Gasteiger charge is 2.35. The van der Waals surface area contributed by atoms with Crippen LogP contribution in [0.2, 0.25) is 0 Å². The summed E-state index contributed by atoms with van der Waals surface area (Å²) in [5.74, 6) is 1.30. The molecule has 2 heterocycles. The standard InChI is InChI=1S/C12H13N3O3S/c13-12-11(5-14-15-12)8-2-1-3-9(4-8)18-10-6-19(16,17)7-10/h1-5,10H,6-7H2,(H3,13,14,15). The van der Waals surface area contributed by atoms with Crippen LogP contribution in [-0.2, 0) is 9.84 Å². The molecule has 0 saturated carbocycles. The molecule has 100 valence electrons. The number of benzene rings is 1. The van der Waals surface area contributed by atoms with E-state index in [-0.39, 0.29) is 17.6 Å². The van der Waals surface area contributed by atoms with E-state index in [1.54, 1.807) is 12.3 Å². The van der Waals surface area contributed by atoms with Crippen LogP contribution in [0.5, 0.6) is 5.75 Å². The molecule has 0 amide bonds. The number of anilines is 1. The Morgan fingerprint density at radius 3 is 2.79 bits per heavy atom. The molecule has 7 heteroatoms. The van der Waals surface area contributed by atoms with E-state index < -0.39 is 9.84 Å². The van der Waals surface area contributed by atoms with Gasteiger partial charge in [0.25, 0.3) is 0 Å². The maximum absolute atomic E-state index is 11.1. The smallest absolute Gasteiger partial charge is 0.157 e. The van der Waals surface area contributed by atoms with E-state index in [0.29, 0.717) is 11.6 Å². The average molecular weight is 279 g/mol. The summed E-state index contributed by atoms with van der Waals surface area (Å²) >= 11 is 0. The van der Waals surface area contributed by atoms with Crippen LogP contribution >= 0.6 is 0 Å². The van der Waals surface area contributed by atoms with Crippen molar-refractivity contribution in [3.8, 4) is 16.9 Å². The van der Waals surface area contributed by atoms with Gasteiger partial charge in [0.05, 0.1) is 17.7 Å². The minimum Gasteiger partial charge on any atom is -0.488 e. The van der Waals surface area contributed by atoms with E-state index in [0.717, 1.165) is 11.1 Å². The molecule has 3 N–H and O–H groups in total. The molecule has 1 aromatic carbocycles. The van der Waals surface area contributed by atoms with Crippen LogP contribution in [0.15, 0.2) is 30.5 Å². The van der Waals surface area contributed by atoms with Crippen molar-refractivity contribution in [1.82, 2.24) is 10.2 Å². The number of nitrogens with two attached hydrogens (primary N) is 1. The quantitative estimate of drug-likeness (QED) is 0.867. The maximum atomic E-state index is 11.1. The van der Waals surface area contributed by atoms with Gasteiger partial charge in [-0.15, -0.1) is 0 Å². The van der Waals surface area contributed by atoms with Crippen LogP contribution in [0.25, 0.3) is 11.1 Å². The first-order chi connectivity index (χ1) is 9.03. The van der Waals surface area contributed by atoms with Gasteiger partial charge in [0.1, 0.15) is 17.7 Å². The van der Waals surface area contributed by atoms with Crippen LogP contribution in [-0.4, -0.2) is 36.2 Å². The van der Waals surface area contributed by atoms with Crippen molar-refractivity contribution >= 4 is 15.7 Å². The van der Waals surface area contributed by atoms with Gasteiger partial charge in [-0.3, -0.25) is 5.10 Å². The highest BCUT2D eigenvalue weighted by molar-refractivity contribution is 7.92. The van der Waals surface area contributed by atoms with E-state index in [1.165, 1.54) is 0 Å². The van der Waals surface area contributed by atoms with E-state index >= 15 is 0 Å². The molecule has 0 aliphatic carbocycles. The molecule has 1 aliphatic heterocycles. The molecule has 2 aromatic rings. The zero-order valence-electron chi connectivity index (χ0n) is 10.0. The second-order valence-electron chi connectivity index (χ2n) is 4.54. The van der Waals surface area contributed by atoms with Crippen LogP contribution in [0.3, 0.4) is 0 Å². The number of nitrogen functional groups attached to an aromatic ring is 1. The molecule has 1 aliphatic rings. The number of hydrogen-bond donors (Lipinski definition) is 2. The number of aromatic nitrogens is 2. The van der Waals surface area contributed by atoms with Crippen molar-refractivity contribution in [2.24, 2.45) is 0 Å². The number of hydrogen-bond acceptors (Lipinski definition) is 5.